The van der Waals surface area contributed by atoms with E-state index in [1.807, 2.05) is 18.2 Å². The summed E-state index contributed by atoms with van der Waals surface area (Å²) in [5, 5.41) is 4.37. The van der Waals surface area contributed by atoms with Crippen molar-refractivity contribution in [2.45, 2.75) is 50.7 Å². The van der Waals surface area contributed by atoms with Crippen LogP contribution in [-0.4, -0.2) is 18.7 Å². The van der Waals surface area contributed by atoms with Crippen LogP contribution in [0.5, 0.6) is 0 Å². The highest BCUT2D eigenvalue weighted by Gasteiger charge is 2.40. The van der Waals surface area contributed by atoms with Gasteiger partial charge in [0.15, 0.2) is 0 Å². The topological polar surface area (TPSA) is 21.3 Å². The van der Waals surface area contributed by atoms with Crippen LogP contribution < -0.4 is 5.32 Å². The van der Waals surface area contributed by atoms with Crippen LogP contribution in [0.15, 0.2) is 24.3 Å². The van der Waals surface area contributed by atoms with E-state index in [1.54, 1.807) is 0 Å². The highest BCUT2D eigenvalue weighted by atomic mass is 35.5. The summed E-state index contributed by atoms with van der Waals surface area (Å²) < 4.78 is 6.53. The van der Waals surface area contributed by atoms with Crippen LogP contribution in [0.25, 0.3) is 0 Å². The number of ether oxygens (including phenoxy) is 1. The van der Waals surface area contributed by atoms with Crippen molar-refractivity contribution in [3.8, 4) is 0 Å². The molecule has 0 bridgehead atoms. The van der Waals surface area contributed by atoms with Crippen molar-refractivity contribution in [1.82, 2.24) is 5.32 Å². The van der Waals surface area contributed by atoms with Crippen LogP contribution in [-0.2, 0) is 4.74 Å². The van der Waals surface area contributed by atoms with Gasteiger partial charge in [-0.15, -0.1) is 0 Å². The highest BCUT2D eigenvalue weighted by Crippen LogP contribution is 2.40. The first-order valence-electron chi connectivity index (χ1n) is 7.85. The third kappa shape index (κ3) is 3.03. The number of halogens is 1. The van der Waals surface area contributed by atoms with E-state index in [0.717, 1.165) is 24.0 Å². The lowest BCUT2D eigenvalue weighted by atomic mass is 9.77. The van der Waals surface area contributed by atoms with Gasteiger partial charge < -0.3 is 10.1 Å². The normalized spacial score (nSPS) is 34.3. The first-order valence-corrected chi connectivity index (χ1v) is 8.22. The zero-order valence-electron chi connectivity index (χ0n) is 12.2. The van der Waals surface area contributed by atoms with E-state index < -0.39 is 0 Å². The zero-order chi connectivity index (χ0) is 14.0. The molecule has 1 spiro atoms. The number of rotatable bonds is 2. The second-order valence-corrected chi connectivity index (χ2v) is 6.76. The minimum Gasteiger partial charge on any atom is -0.364 e. The van der Waals surface area contributed by atoms with Crippen LogP contribution in [0.2, 0.25) is 5.02 Å². The van der Waals surface area contributed by atoms with Gasteiger partial charge in [-0.25, -0.2) is 0 Å². The summed E-state index contributed by atoms with van der Waals surface area (Å²) >= 11 is 6.10. The van der Waals surface area contributed by atoms with Crippen molar-refractivity contribution in [2.75, 3.05) is 13.1 Å². The van der Waals surface area contributed by atoms with Gasteiger partial charge in [0.05, 0.1) is 11.7 Å². The summed E-state index contributed by atoms with van der Waals surface area (Å²) in [5.74, 6) is 0.899. The van der Waals surface area contributed by atoms with Crippen LogP contribution in [0, 0.1) is 5.92 Å². The lowest BCUT2D eigenvalue weighted by Crippen LogP contribution is -2.52. The molecule has 2 fully saturated rings. The Kier molecular flexibility index (Phi) is 4.34. The third-order valence-electron chi connectivity index (χ3n) is 4.98. The summed E-state index contributed by atoms with van der Waals surface area (Å²) in [6, 6.07) is 8.08. The number of nitrogens with one attached hydrogen (secondary N) is 1. The number of benzene rings is 1. The average molecular weight is 294 g/mol. The molecule has 1 unspecified atom stereocenters. The Hall–Kier alpha value is -0.570. The second-order valence-electron chi connectivity index (χ2n) is 6.33. The summed E-state index contributed by atoms with van der Waals surface area (Å²) in [5.41, 5.74) is 1.25. The summed E-state index contributed by atoms with van der Waals surface area (Å²) in [6.07, 6.45) is 6.44. The minimum absolute atomic E-state index is 0.0525. The molecule has 2 nitrogen and oxygen atoms in total. The molecule has 3 rings (SSSR count). The molecule has 1 heterocycles. The fraction of sp³-hybridized carbons (Fsp3) is 0.647. The molecule has 110 valence electrons. The molecule has 1 aromatic rings. The molecular formula is C17H24ClNO. The molecule has 1 aliphatic carbocycles. The Bertz CT molecular complexity index is 454. The van der Waals surface area contributed by atoms with Gasteiger partial charge in [0.25, 0.3) is 0 Å². The van der Waals surface area contributed by atoms with E-state index in [9.17, 15) is 0 Å². The van der Waals surface area contributed by atoms with E-state index in [-0.39, 0.29) is 11.7 Å². The fourth-order valence-corrected chi connectivity index (χ4v) is 3.81. The van der Waals surface area contributed by atoms with Gasteiger partial charge in [0, 0.05) is 18.1 Å². The molecule has 20 heavy (non-hydrogen) atoms. The van der Waals surface area contributed by atoms with E-state index >= 15 is 0 Å². The van der Waals surface area contributed by atoms with Crippen molar-refractivity contribution in [3.63, 3.8) is 0 Å². The van der Waals surface area contributed by atoms with Crippen LogP contribution in [0.3, 0.4) is 0 Å². The van der Waals surface area contributed by atoms with Gasteiger partial charge in [0.1, 0.15) is 0 Å². The molecule has 1 N–H and O–H groups in total. The van der Waals surface area contributed by atoms with Gasteiger partial charge in [-0.05, 0) is 49.3 Å². The molecule has 3 heteroatoms. The van der Waals surface area contributed by atoms with Crippen LogP contribution >= 0.6 is 11.6 Å². The first-order chi connectivity index (χ1) is 9.71. The van der Waals surface area contributed by atoms with Crippen molar-refractivity contribution in [3.05, 3.63) is 34.9 Å². The number of hydrogen-bond acceptors (Lipinski definition) is 2. The van der Waals surface area contributed by atoms with Gasteiger partial charge in [-0.3, -0.25) is 0 Å². The van der Waals surface area contributed by atoms with E-state index in [4.69, 9.17) is 16.3 Å². The maximum atomic E-state index is 6.53. The van der Waals surface area contributed by atoms with Gasteiger partial charge in [-0.2, -0.15) is 0 Å². The van der Waals surface area contributed by atoms with Gasteiger partial charge in [0.2, 0.25) is 0 Å². The van der Waals surface area contributed by atoms with Gasteiger partial charge in [-0.1, -0.05) is 37.1 Å². The molecule has 0 aromatic heterocycles. The third-order valence-corrected chi connectivity index (χ3v) is 5.22. The maximum Gasteiger partial charge on any atom is 0.0957 e. The van der Waals surface area contributed by atoms with Gasteiger partial charge >= 0.3 is 0 Å². The highest BCUT2D eigenvalue weighted by molar-refractivity contribution is 6.30. The number of morpholine rings is 1. The van der Waals surface area contributed by atoms with Crippen molar-refractivity contribution >= 4 is 11.6 Å². The molecule has 1 atom stereocenters. The maximum absolute atomic E-state index is 6.53. The first kappa shape index (κ1) is 14.4. The van der Waals surface area contributed by atoms with Crippen molar-refractivity contribution in [1.29, 1.82) is 0 Å². The molecule has 1 aromatic carbocycles. The lowest BCUT2D eigenvalue weighted by Gasteiger charge is -2.46. The monoisotopic (exact) mass is 293 g/mol. The van der Waals surface area contributed by atoms with Crippen molar-refractivity contribution < 1.29 is 4.74 Å². The molecule has 0 radical (unpaired) electrons. The molecule has 0 amide bonds. The van der Waals surface area contributed by atoms with Crippen LogP contribution in [0.1, 0.15) is 50.7 Å². The molecule has 1 aliphatic heterocycles. The minimum atomic E-state index is 0.0525. The molecule has 1 saturated carbocycles. The Morgan fingerprint density at radius 1 is 1.35 bits per heavy atom. The molecule has 1 saturated heterocycles. The smallest absolute Gasteiger partial charge is 0.0957 e. The summed E-state index contributed by atoms with van der Waals surface area (Å²) in [4.78, 5) is 0. The SMILES string of the molecule is CCC1CCC2(CC1)CNCC(c1cccc(Cl)c1)O2. The lowest BCUT2D eigenvalue weighted by molar-refractivity contribution is -0.141. The Morgan fingerprint density at radius 3 is 2.85 bits per heavy atom. The Balaban J connectivity index is 1.71. The quantitative estimate of drug-likeness (QED) is 0.876. The van der Waals surface area contributed by atoms with E-state index in [1.165, 1.54) is 37.7 Å². The standard InChI is InChI=1S/C17H24ClNO/c1-2-13-6-8-17(9-7-13)12-19-11-16(20-17)14-4-3-5-15(18)10-14/h3-5,10,13,16,19H,2,6-9,11-12H2,1H3. The summed E-state index contributed by atoms with van der Waals surface area (Å²) in [6.45, 7) is 4.19. The predicted molar refractivity (Wildman–Crippen MR) is 83.1 cm³/mol. The average Bonchev–Trinajstić information content (AvgIpc) is 2.48. The fourth-order valence-electron chi connectivity index (χ4n) is 3.62. The van der Waals surface area contributed by atoms with Crippen molar-refractivity contribution in [2.24, 2.45) is 5.92 Å². The summed E-state index contributed by atoms with van der Waals surface area (Å²) in [7, 11) is 0. The second kappa shape index (κ2) is 6.05. The predicted octanol–water partition coefficient (Wildman–Crippen LogP) is 4.34. The van der Waals surface area contributed by atoms with Crippen LogP contribution in [0.4, 0.5) is 0 Å². The zero-order valence-corrected chi connectivity index (χ0v) is 13.0. The Morgan fingerprint density at radius 2 is 2.15 bits per heavy atom. The molecule has 2 aliphatic rings. The van der Waals surface area contributed by atoms with E-state index in [0.29, 0.717) is 0 Å². The Labute approximate surface area is 126 Å². The number of hydrogen-bond donors (Lipinski definition) is 1. The molecular weight excluding hydrogens is 270 g/mol. The van der Waals surface area contributed by atoms with E-state index in [2.05, 4.69) is 18.3 Å². The largest absolute Gasteiger partial charge is 0.364 e.